The van der Waals surface area contributed by atoms with Crippen molar-refractivity contribution in [3.8, 4) is 5.75 Å². The topological polar surface area (TPSA) is 58.6 Å². The van der Waals surface area contributed by atoms with E-state index in [0.29, 0.717) is 13.1 Å². The Labute approximate surface area is 150 Å². The van der Waals surface area contributed by atoms with E-state index in [1.54, 1.807) is 0 Å². The second-order valence-corrected chi connectivity index (χ2v) is 7.87. The highest BCUT2D eigenvalue weighted by molar-refractivity contribution is 5.81. The molecule has 5 nitrogen and oxygen atoms in total. The van der Waals surface area contributed by atoms with Gasteiger partial charge in [-0.25, -0.2) is 0 Å². The van der Waals surface area contributed by atoms with E-state index < -0.39 is 0 Å². The Balaban J connectivity index is 1.79. The number of hydrogen-bond acceptors (Lipinski definition) is 3. The van der Waals surface area contributed by atoms with Crippen LogP contribution in [0.2, 0.25) is 0 Å². The smallest absolute Gasteiger partial charge is 0.260 e. The van der Waals surface area contributed by atoms with Crippen LogP contribution >= 0.6 is 0 Å². The zero-order valence-electron chi connectivity index (χ0n) is 16.0. The molecule has 0 spiro atoms. The van der Waals surface area contributed by atoms with E-state index >= 15 is 0 Å². The molecule has 1 aromatic carbocycles. The lowest BCUT2D eigenvalue weighted by Gasteiger charge is -2.33. The van der Waals surface area contributed by atoms with Crippen molar-refractivity contribution in [3.63, 3.8) is 0 Å². The molecule has 1 aliphatic rings. The summed E-state index contributed by atoms with van der Waals surface area (Å²) in [7, 11) is 0. The standard InChI is InChI=1S/C20H30N2O3/c1-14-7-6-8-17(15(14)2)25-13-18(23)22-11-9-16(10-12-22)21-19(24)20(3,4)5/h6-8,16H,9-13H2,1-5H3,(H,21,24). The first-order chi connectivity index (χ1) is 11.7. The SMILES string of the molecule is Cc1cccc(OCC(=O)N2CCC(NC(=O)C(C)(C)C)CC2)c1C. The first-order valence-corrected chi connectivity index (χ1v) is 8.96. The average Bonchev–Trinajstić information content (AvgIpc) is 2.55. The van der Waals surface area contributed by atoms with Gasteiger partial charge in [-0.1, -0.05) is 32.9 Å². The van der Waals surface area contributed by atoms with Crippen molar-refractivity contribution in [2.24, 2.45) is 5.41 Å². The Morgan fingerprint density at radius 1 is 1.20 bits per heavy atom. The summed E-state index contributed by atoms with van der Waals surface area (Å²) in [6, 6.07) is 6.01. The van der Waals surface area contributed by atoms with E-state index in [-0.39, 0.29) is 29.9 Å². The Bertz CT molecular complexity index is 626. The number of likely N-dealkylation sites (tertiary alicyclic amines) is 1. The van der Waals surface area contributed by atoms with Crippen LogP contribution in [-0.2, 0) is 9.59 Å². The minimum Gasteiger partial charge on any atom is -0.483 e. The lowest BCUT2D eigenvalue weighted by molar-refractivity contribution is -0.134. The number of carbonyl (C=O) groups excluding carboxylic acids is 2. The second kappa shape index (κ2) is 7.89. The fourth-order valence-corrected chi connectivity index (χ4v) is 2.79. The highest BCUT2D eigenvalue weighted by atomic mass is 16.5. The lowest BCUT2D eigenvalue weighted by atomic mass is 9.94. The quantitative estimate of drug-likeness (QED) is 0.912. The number of amides is 2. The van der Waals surface area contributed by atoms with Gasteiger partial charge < -0.3 is 15.0 Å². The highest BCUT2D eigenvalue weighted by Gasteiger charge is 2.28. The van der Waals surface area contributed by atoms with E-state index in [1.807, 2.05) is 57.7 Å². The van der Waals surface area contributed by atoms with Crippen molar-refractivity contribution in [2.75, 3.05) is 19.7 Å². The number of nitrogens with zero attached hydrogens (tertiary/aromatic N) is 1. The van der Waals surface area contributed by atoms with Crippen LogP contribution in [0.25, 0.3) is 0 Å². The minimum absolute atomic E-state index is 0.00139. The number of benzene rings is 1. The first-order valence-electron chi connectivity index (χ1n) is 8.96. The Morgan fingerprint density at radius 3 is 2.44 bits per heavy atom. The van der Waals surface area contributed by atoms with Gasteiger partial charge >= 0.3 is 0 Å². The second-order valence-electron chi connectivity index (χ2n) is 7.87. The Kier molecular flexibility index (Phi) is 6.09. The maximum Gasteiger partial charge on any atom is 0.260 e. The van der Waals surface area contributed by atoms with E-state index in [4.69, 9.17) is 4.74 Å². The maximum atomic E-state index is 12.4. The number of ether oxygens (including phenoxy) is 1. The van der Waals surface area contributed by atoms with Gasteiger partial charge in [-0.05, 0) is 43.9 Å². The van der Waals surface area contributed by atoms with Gasteiger partial charge in [0.25, 0.3) is 5.91 Å². The molecular formula is C20H30N2O3. The van der Waals surface area contributed by atoms with Crippen LogP contribution in [0.15, 0.2) is 18.2 Å². The molecule has 1 fully saturated rings. The molecule has 1 N–H and O–H groups in total. The third kappa shape index (κ3) is 5.21. The maximum absolute atomic E-state index is 12.4. The summed E-state index contributed by atoms with van der Waals surface area (Å²) in [4.78, 5) is 26.2. The number of rotatable bonds is 4. The van der Waals surface area contributed by atoms with Crippen LogP contribution in [0.3, 0.4) is 0 Å². The molecule has 138 valence electrons. The molecular weight excluding hydrogens is 316 g/mol. The normalized spacial score (nSPS) is 15.8. The molecule has 1 aliphatic heterocycles. The van der Waals surface area contributed by atoms with Crippen LogP contribution in [-0.4, -0.2) is 42.5 Å². The fourth-order valence-electron chi connectivity index (χ4n) is 2.79. The molecule has 0 aliphatic carbocycles. The van der Waals surface area contributed by atoms with E-state index in [1.165, 1.54) is 0 Å². The Morgan fingerprint density at radius 2 is 1.84 bits per heavy atom. The monoisotopic (exact) mass is 346 g/mol. The molecule has 5 heteroatoms. The van der Waals surface area contributed by atoms with E-state index in [9.17, 15) is 9.59 Å². The van der Waals surface area contributed by atoms with E-state index in [2.05, 4.69) is 5.32 Å². The fraction of sp³-hybridized carbons (Fsp3) is 0.600. The molecule has 1 saturated heterocycles. The molecule has 0 saturated carbocycles. The van der Waals surface area contributed by atoms with Gasteiger partial charge in [0.2, 0.25) is 5.91 Å². The van der Waals surface area contributed by atoms with Gasteiger partial charge in [0.1, 0.15) is 5.75 Å². The van der Waals surface area contributed by atoms with Crippen LogP contribution in [0.5, 0.6) is 5.75 Å². The molecule has 2 amide bonds. The zero-order valence-corrected chi connectivity index (χ0v) is 16.0. The number of carbonyl (C=O) groups is 2. The minimum atomic E-state index is -0.382. The van der Waals surface area contributed by atoms with Crippen LogP contribution < -0.4 is 10.1 Å². The lowest BCUT2D eigenvalue weighted by Crippen LogP contribution is -2.49. The molecule has 0 radical (unpaired) electrons. The number of nitrogens with one attached hydrogen (secondary N) is 1. The molecule has 0 aromatic heterocycles. The van der Waals surface area contributed by atoms with Crippen molar-refractivity contribution in [1.82, 2.24) is 10.2 Å². The third-order valence-corrected chi connectivity index (χ3v) is 4.77. The van der Waals surface area contributed by atoms with Crippen molar-refractivity contribution in [3.05, 3.63) is 29.3 Å². The summed E-state index contributed by atoms with van der Waals surface area (Å²) in [5.74, 6) is 0.831. The molecule has 2 rings (SSSR count). The molecule has 1 heterocycles. The predicted molar refractivity (Wildman–Crippen MR) is 98.6 cm³/mol. The Hall–Kier alpha value is -2.04. The van der Waals surface area contributed by atoms with Crippen molar-refractivity contribution in [2.45, 2.75) is 53.5 Å². The summed E-state index contributed by atoms with van der Waals surface area (Å²) >= 11 is 0. The molecule has 1 aromatic rings. The van der Waals surface area contributed by atoms with Crippen molar-refractivity contribution >= 4 is 11.8 Å². The summed E-state index contributed by atoms with van der Waals surface area (Å²) in [6.07, 6.45) is 1.58. The van der Waals surface area contributed by atoms with Gasteiger partial charge in [0.05, 0.1) is 0 Å². The summed E-state index contributed by atoms with van der Waals surface area (Å²) in [5, 5.41) is 3.08. The molecule has 0 bridgehead atoms. The van der Waals surface area contributed by atoms with Gasteiger partial charge in [-0.2, -0.15) is 0 Å². The van der Waals surface area contributed by atoms with E-state index in [0.717, 1.165) is 29.7 Å². The van der Waals surface area contributed by atoms with Gasteiger partial charge in [-0.3, -0.25) is 9.59 Å². The summed E-state index contributed by atoms with van der Waals surface area (Å²) in [5.41, 5.74) is 1.84. The van der Waals surface area contributed by atoms with Crippen LogP contribution in [0, 0.1) is 19.3 Å². The number of piperidine rings is 1. The van der Waals surface area contributed by atoms with Crippen molar-refractivity contribution in [1.29, 1.82) is 0 Å². The van der Waals surface area contributed by atoms with Crippen LogP contribution in [0.4, 0.5) is 0 Å². The summed E-state index contributed by atoms with van der Waals surface area (Å²) < 4.78 is 5.71. The average molecular weight is 346 g/mol. The molecule has 0 atom stereocenters. The molecule has 25 heavy (non-hydrogen) atoms. The zero-order chi connectivity index (χ0) is 18.6. The molecule has 0 unspecified atom stereocenters. The predicted octanol–water partition coefficient (Wildman–Crippen LogP) is 2.84. The van der Waals surface area contributed by atoms with Crippen LogP contribution in [0.1, 0.15) is 44.7 Å². The number of hydrogen-bond donors (Lipinski definition) is 1. The summed E-state index contributed by atoms with van der Waals surface area (Å²) in [6.45, 7) is 11.1. The van der Waals surface area contributed by atoms with Crippen molar-refractivity contribution < 1.29 is 14.3 Å². The van der Waals surface area contributed by atoms with Gasteiger partial charge in [0, 0.05) is 24.5 Å². The largest absolute Gasteiger partial charge is 0.483 e. The van der Waals surface area contributed by atoms with Gasteiger partial charge in [-0.15, -0.1) is 0 Å². The van der Waals surface area contributed by atoms with Gasteiger partial charge in [0.15, 0.2) is 6.61 Å². The number of aryl methyl sites for hydroxylation is 1. The first kappa shape index (κ1) is 19.3. The third-order valence-electron chi connectivity index (χ3n) is 4.77. The highest BCUT2D eigenvalue weighted by Crippen LogP contribution is 2.21.